The molecule has 0 fully saturated rings. The summed E-state index contributed by atoms with van der Waals surface area (Å²) >= 11 is 0. The molecule has 0 radical (unpaired) electrons. The van der Waals surface area contributed by atoms with Crippen LogP contribution in [0.3, 0.4) is 0 Å². The zero-order chi connectivity index (χ0) is 19.6. The first-order chi connectivity index (χ1) is 13.5. The molecular weight excluding hydrogens is 352 g/mol. The minimum atomic E-state index is -1.03. The predicted molar refractivity (Wildman–Crippen MR) is 109 cm³/mol. The molecular formula is C23H20N2O3. The monoisotopic (exact) mass is 372 g/mol. The summed E-state index contributed by atoms with van der Waals surface area (Å²) in [6.45, 7) is 3.47. The van der Waals surface area contributed by atoms with Crippen molar-refractivity contribution in [2.75, 3.05) is 5.32 Å². The van der Waals surface area contributed by atoms with Gasteiger partial charge in [0.15, 0.2) is 11.2 Å². The van der Waals surface area contributed by atoms with E-state index in [1.54, 1.807) is 32.0 Å². The molecule has 1 amide bonds. The molecule has 140 valence electrons. The molecule has 0 aliphatic rings. The van der Waals surface area contributed by atoms with Crippen LogP contribution in [-0.2, 0) is 4.79 Å². The van der Waals surface area contributed by atoms with Crippen molar-refractivity contribution < 1.29 is 13.9 Å². The second kappa shape index (κ2) is 7.19. The fraction of sp³-hybridized carbons (Fsp3) is 0.130. The van der Waals surface area contributed by atoms with Crippen molar-refractivity contribution in [1.82, 2.24) is 4.98 Å². The summed E-state index contributed by atoms with van der Waals surface area (Å²) in [7, 11) is 0. The Hall–Kier alpha value is -3.60. The lowest BCUT2D eigenvalue weighted by Gasteiger charge is -2.25. The van der Waals surface area contributed by atoms with E-state index in [2.05, 4.69) is 10.3 Å². The summed E-state index contributed by atoms with van der Waals surface area (Å²) in [6, 6.07) is 24.4. The lowest BCUT2D eigenvalue weighted by Crippen LogP contribution is -2.42. The van der Waals surface area contributed by atoms with Crippen molar-refractivity contribution in [2.45, 2.75) is 19.4 Å². The molecule has 0 aliphatic carbocycles. The van der Waals surface area contributed by atoms with Gasteiger partial charge in [-0.25, -0.2) is 4.98 Å². The highest BCUT2D eigenvalue weighted by Gasteiger charge is 2.30. The highest BCUT2D eigenvalue weighted by molar-refractivity contribution is 5.98. The van der Waals surface area contributed by atoms with Crippen molar-refractivity contribution in [3.05, 3.63) is 78.9 Å². The second-order valence-electron chi connectivity index (χ2n) is 6.95. The van der Waals surface area contributed by atoms with Gasteiger partial charge in [-0.15, -0.1) is 0 Å². The maximum absolute atomic E-state index is 12.7. The molecule has 0 saturated carbocycles. The standard InChI is InChI=1S/C23H20N2O3/c1-23(2,28-18-11-7-4-8-12-18)22(26)24-17-13-14-20-19(15-17)25-21(27-20)16-9-5-3-6-10-16/h3-15H,1-2H3,(H,24,26). The summed E-state index contributed by atoms with van der Waals surface area (Å²) in [5.74, 6) is 0.941. The number of carbonyl (C=O) groups excluding carboxylic acids is 1. The van der Waals surface area contributed by atoms with E-state index >= 15 is 0 Å². The van der Waals surface area contributed by atoms with E-state index in [-0.39, 0.29) is 5.91 Å². The molecule has 0 spiro atoms. The van der Waals surface area contributed by atoms with Gasteiger partial charge >= 0.3 is 0 Å². The van der Waals surface area contributed by atoms with E-state index in [1.807, 2.05) is 60.7 Å². The number of fused-ring (bicyclic) bond motifs is 1. The van der Waals surface area contributed by atoms with Crippen LogP contribution in [-0.4, -0.2) is 16.5 Å². The molecule has 3 aromatic carbocycles. The maximum atomic E-state index is 12.7. The van der Waals surface area contributed by atoms with Gasteiger partial charge in [0.1, 0.15) is 11.3 Å². The van der Waals surface area contributed by atoms with Crippen molar-refractivity contribution in [3.8, 4) is 17.2 Å². The summed E-state index contributed by atoms with van der Waals surface area (Å²) in [6.07, 6.45) is 0. The molecule has 4 aromatic rings. The number of rotatable bonds is 5. The van der Waals surface area contributed by atoms with E-state index in [4.69, 9.17) is 9.15 Å². The average Bonchev–Trinajstić information content (AvgIpc) is 3.12. The zero-order valence-corrected chi connectivity index (χ0v) is 15.7. The van der Waals surface area contributed by atoms with Crippen LogP contribution in [0.4, 0.5) is 5.69 Å². The molecule has 0 atom stereocenters. The van der Waals surface area contributed by atoms with Gasteiger partial charge in [0.05, 0.1) is 0 Å². The molecule has 0 saturated heterocycles. The van der Waals surface area contributed by atoms with E-state index in [1.165, 1.54) is 0 Å². The van der Waals surface area contributed by atoms with Crippen LogP contribution in [0.1, 0.15) is 13.8 Å². The molecule has 0 aliphatic heterocycles. The number of hydrogen-bond donors (Lipinski definition) is 1. The first-order valence-corrected chi connectivity index (χ1v) is 9.03. The highest BCUT2D eigenvalue weighted by Crippen LogP contribution is 2.27. The summed E-state index contributed by atoms with van der Waals surface area (Å²) < 4.78 is 11.7. The number of anilines is 1. The average molecular weight is 372 g/mol. The smallest absolute Gasteiger partial charge is 0.267 e. The number of amides is 1. The largest absolute Gasteiger partial charge is 0.478 e. The van der Waals surface area contributed by atoms with Crippen LogP contribution in [0.15, 0.2) is 83.3 Å². The SMILES string of the molecule is CC(C)(Oc1ccccc1)C(=O)Nc1ccc2oc(-c3ccccc3)nc2c1. The highest BCUT2D eigenvalue weighted by atomic mass is 16.5. The Morgan fingerprint density at radius 1 is 0.964 bits per heavy atom. The van der Waals surface area contributed by atoms with Gasteiger partial charge in [-0.3, -0.25) is 4.79 Å². The molecule has 1 heterocycles. The number of aromatic nitrogens is 1. The van der Waals surface area contributed by atoms with Crippen molar-refractivity contribution >= 4 is 22.7 Å². The number of ether oxygens (including phenoxy) is 1. The molecule has 1 N–H and O–H groups in total. The molecule has 5 nitrogen and oxygen atoms in total. The Labute approximate surface area is 163 Å². The number of oxazole rings is 1. The summed E-state index contributed by atoms with van der Waals surface area (Å²) in [5.41, 5.74) is 1.85. The number of hydrogen-bond acceptors (Lipinski definition) is 4. The zero-order valence-electron chi connectivity index (χ0n) is 15.7. The predicted octanol–water partition coefficient (Wildman–Crippen LogP) is 5.29. The van der Waals surface area contributed by atoms with Gasteiger partial charge in [0.25, 0.3) is 5.91 Å². The van der Waals surface area contributed by atoms with Crippen molar-refractivity contribution in [2.24, 2.45) is 0 Å². The maximum Gasteiger partial charge on any atom is 0.267 e. The third kappa shape index (κ3) is 3.74. The fourth-order valence-electron chi connectivity index (χ4n) is 2.82. The number of nitrogens with zero attached hydrogens (tertiary/aromatic N) is 1. The molecule has 1 aromatic heterocycles. The van der Waals surface area contributed by atoms with Crippen molar-refractivity contribution in [3.63, 3.8) is 0 Å². The third-order valence-electron chi connectivity index (χ3n) is 4.33. The number of para-hydroxylation sites is 1. The Kier molecular flexibility index (Phi) is 4.57. The first-order valence-electron chi connectivity index (χ1n) is 9.03. The van der Waals surface area contributed by atoms with Crippen molar-refractivity contribution in [1.29, 1.82) is 0 Å². The normalized spacial score (nSPS) is 11.4. The molecule has 0 unspecified atom stereocenters. The third-order valence-corrected chi connectivity index (χ3v) is 4.33. The Morgan fingerprint density at radius 2 is 1.64 bits per heavy atom. The van der Waals surface area contributed by atoms with E-state index in [9.17, 15) is 4.79 Å². The molecule has 0 bridgehead atoms. The molecule has 28 heavy (non-hydrogen) atoms. The van der Waals surface area contributed by atoms with Crippen LogP contribution < -0.4 is 10.1 Å². The van der Waals surface area contributed by atoms with Crippen LogP contribution in [0.25, 0.3) is 22.6 Å². The van der Waals surface area contributed by atoms with Crippen LogP contribution >= 0.6 is 0 Å². The Morgan fingerprint density at radius 3 is 2.36 bits per heavy atom. The quantitative estimate of drug-likeness (QED) is 0.517. The summed E-state index contributed by atoms with van der Waals surface area (Å²) in [4.78, 5) is 17.3. The van der Waals surface area contributed by atoms with Gasteiger partial charge in [-0.2, -0.15) is 0 Å². The van der Waals surface area contributed by atoms with Gasteiger partial charge in [0, 0.05) is 11.3 Å². The van der Waals surface area contributed by atoms with E-state index in [0.29, 0.717) is 28.4 Å². The lowest BCUT2D eigenvalue weighted by molar-refractivity contribution is -0.128. The lowest BCUT2D eigenvalue weighted by atomic mass is 10.1. The first kappa shape index (κ1) is 17.8. The van der Waals surface area contributed by atoms with Gasteiger partial charge in [-0.1, -0.05) is 36.4 Å². The van der Waals surface area contributed by atoms with Gasteiger partial charge < -0.3 is 14.5 Å². The van der Waals surface area contributed by atoms with Gasteiger partial charge in [-0.05, 0) is 56.3 Å². The van der Waals surface area contributed by atoms with E-state index < -0.39 is 5.60 Å². The second-order valence-corrected chi connectivity index (χ2v) is 6.95. The van der Waals surface area contributed by atoms with E-state index in [0.717, 1.165) is 5.56 Å². The number of carbonyl (C=O) groups is 1. The fourth-order valence-corrected chi connectivity index (χ4v) is 2.82. The minimum Gasteiger partial charge on any atom is -0.478 e. The van der Waals surface area contributed by atoms with Crippen LogP contribution in [0, 0.1) is 0 Å². The summed E-state index contributed by atoms with van der Waals surface area (Å²) in [5, 5.41) is 2.90. The topological polar surface area (TPSA) is 64.4 Å². The number of nitrogens with one attached hydrogen (secondary N) is 1. The Balaban J connectivity index is 1.53. The van der Waals surface area contributed by atoms with Crippen LogP contribution in [0.5, 0.6) is 5.75 Å². The van der Waals surface area contributed by atoms with Crippen LogP contribution in [0.2, 0.25) is 0 Å². The molecule has 5 heteroatoms. The number of benzene rings is 3. The Bertz CT molecular complexity index is 1100. The van der Waals surface area contributed by atoms with Gasteiger partial charge in [0.2, 0.25) is 5.89 Å². The minimum absolute atomic E-state index is 0.248. The molecule has 4 rings (SSSR count).